The predicted octanol–water partition coefficient (Wildman–Crippen LogP) is 4.32. The summed E-state index contributed by atoms with van der Waals surface area (Å²) in [4.78, 5) is 33.7. The first kappa shape index (κ1) is 25.1. The van der Waals surface area contributed by atoms with E-state index in [0.717, 1.165) is 23.4 Å². The van der Waals surface area contributed by atoms with E-state index in [0.29, 0.717) is 16.8 Å². The molecular formula is C23H15F6N5O4. The topological polar surface area (TPSA) is 102 Å². The number of carbonyl (C=O) groups excluding carboxylic acids is 1. The van der Waals surface area contributed by atoms with Crippen molar-refractivity contribution in [2.45, 2.75) is 25.9 Å². The van der Waals surface area contributed by atoms with Gasteiger partial charge in [-0.25, -0.2) is 14.1 Å². The highest BCUT2D eigenvalue weighted by Gasteiger charge is 2.43. The lowest BCUT2D eigenvalue weighted by molar-refractivity contribution is -0.286. The van der Waals surface area contributed by atoms with Crippen LogP contribution >= 0.6 is 0 Å². The Morgan fingerprint density at radius 2 is 1.87 bits per heavy atom. The van der Waals surface area contributed by atoms with Crippen LogP contribution in [0.2, 0.25) is 0 Å². The van der Waals surface area contributed by atoms with E-state index in [2.05, 4.69) is 24.5 Å². The van der Waals surface area contributed by atoms with Gasteiger partial charge in [0.1, 0.15) is 18.1 Å². The minimum absolute atomic E-state index is 0.0416. The number of ether oxygens (including phenoxy) is 2. The standard InChI is InChI=1S/C23H15F6N5O4/c1-2-33(14-3-4-15-16(8-14)38-23(28,29)37-15)17(35)9-34-21(36)20-19(30-10-31-20)18(32-34)11-5-12(22(25,26)27)7-13(24)6-11/h3-8,10H,2,9H2,1H3,(H,30,31). The molecular weight excluding hydrogens is 524 g/mol. The quantitative estimate of drug-likeness (QED) is 0.379. The summed E-state index contributed by atoms with van der Waals surface area (Å²) < 4.78 is 90.1. The third-order valence-corrected chi connectivity index (χ3v) is 5.63. The van der Waals surface area contributed by atoms with E-state index < -0.39 is 41.9 Å². The van der Waals surface area contributed by atoms with Gasteiger partial charge in [0.2, 0.25) is 5.91 Å². The zero-order chi connectivity index (χ0) is 27.4. The average molecular weight is 539 g/mol. The number of nitrogens with one attached hydrogen (secondary N) is 1. The number of aromatic nitrogens is 4. The molecule has 198 valence electrons. The Bertz CT molecular complexity index is 1630. The van der Waals surface area contributed by atoms with Crippen LogP contribution < -0.4 is 19.9 Å². The number of alkyl halides is 5. The molecule has 2 aromatic heterocycles. The second-order valence-electron chi connectivity index (χ2n) is 8.10. The van der Waals surface area contributed by atoms with Crippen molar-refractivity contribution >= 4 is 22.6 Å². The van der Waals surface area contributed by atoms with Gasteiger partial charge in [-0.05, 0) is 37.3 Å². The number of anilines is 1. The van der Waals surface area contributed by atoms with Crippen LogP contribution in [0.1, 0.15) is 12.5 Å². The second kappa shape index (κ2) is 8.78. The van der Waals surface area contributed by atoms with E-state index in [-0.39, 0.29) is 46.0 Å². The van der Waals surface area contributed by atoms with Crippen molar-refractivity contribution in [2.24, 2.45) is 0 Å². The molecule has 0 unspecified atom stereocenters. The monoisotopic (exact) mass is 539 g/mol. The minimum atomic E-state index is -4.86. The molecule has 1 N–H and O–H groups in total. The van der Waals surface area contributed by atoms with Gasteiger partial charge in [0, 0.05) is 23.9 Å². The summed E-state index contributed by atoms with van der Waals surface area (Å²) in [6, 6.07) is 5.43. The van der Waals surface area contributed by atoms with Gasteiger partial charge in [0.25, 0.3) is 5.56 Å². The number of aromatic amines is 1. The first-order valence-corrected chi connectivity index (χ1v) is 10.9. The molecule has 2 aromatic carbocycles. The zero-order valence-electron chi connectivity index (χ0n) is 19.1. The summed E-state index contributed by atoms with van der Waals surface area (Å²) in [7, 11) is 0. The average Bonchev–Trinajstić information content (AvgIpc) is 3.43. The molecule has 0 atom stereocenters. The first-order valence-electron chi connectivity index (χ1n) is 10.9. The van der Waals surface area contributed by atoms with Gasteiger partial charge in [-0.1, -0.05) is 0 Å². The lowest BCUT2D eigenvalue weighted by Gasteiger charge is -2.21. The van der Waals surface area contributed by atoms with Crippen molar-refractivity contribution < 1.29 is 40.6 Å². The number of nitrogens with zero attached hydrogens (tertiary/aromatic N) is 4. The summed E-state index contributed by atoms with van der Waals surface area (Å²) in [6.45, 7) is 0.926. The molecule has 1 aliphatic rings. The van der Waals surface area contributed by atoms with E-state index in [4.69, 9.17) is 0 Å². The number of hydrogen-bond acceptors (Lipinski definition) is 6. The molecule has 9 nitrogen and oxygen atoms in total. The second-order valence-corrected chi connectivity index (χ2v) is 8.10. The van der Waals surface area contributed by atoms with Crippen LogP contribution in [-0.2, 0) is 17.5 Å². The zero-order valence-corrected chi connectivity index (χ0v) is 19.1. The van der Waals surface area contributed by atoms with Gasteiger partial charge in [0.05, 0.1) is 17.4 Å². The van der Waals surface area contributed by atoms with Gasteiger partial charge >= 0.3 is 12.5 Å². The maximum absolute atomic E-state index is 14.1. The molecule has 3 heterocycles. The third-order valence-electron chi connectivity index (χ3n) is 5.63. The fourth-order valence-electron chi connectivity index (χ4n) is 4.00. The Morgan fingerprint density at radius 3 is 2.58 bits per heavy atom. The molecule has 0 fully saturated rings. The Hall–Kier alpha value is -4.56. The molecule has 0 bridgehead atoms. The summed E-state index contributed by atoms with van der Waals surface area (Å²) in [5.74, 6) is -2.45. The fraction of sp³-hybridized carbons (Fsp3) is 0.217. The van der Waals surface area contributed by atoms with Crippen LogP contribution in [0.5, 0.6) is 11.5 Å². The van der Waals surface area contributed by atoms with Crippen molar-refractivity contribution in [3.63, 3.8) is 0 Å². The van der Waals surface area contributed by atoms with Crippen molar-refractivity contribution in [1.82, 2.24) is 19.7 Å². The van der Waals surface area contributed by atoms with Crippen molar-refractivity contribution in [1.29, 1.82) is 0 Å². The van der Waals surface area contributed by atoms with E-state index in [9.17, 15) is 35.9 Å². The van der Waals surface area contributed by atoms with Gasteiger partial charge < -0.3 is 19.4 Å². The lowest BCUT2D eigenvalue weighted by atomic mass is 10.1. The van der Waals surface area contributed by atoms with Crippen molar-refractivity contribution in [3.8, 4) is 22.8 Å². The molecule has 0 saturated carbocycles. The lowest BCUT2D eigenvalue weighted by Crippen LogP contribution is -2.37. The Labute approximate surface area is 208 Å². The number of fused-ring (bicyclic) bond motifs is 2. The molecule has 5 rings (SSSR count). The molecule has 4 aromatic rings. The summed E-state index contributed by atoms with van der Waals surface area (Å²) in [5.41, 5.74) is -2.82. The molecule has 0 aliphatic carbocycles. The highest BCUT2D eigenvalue weighted by atomic mass is 19.4. The van der Waals surface area contributed by atoms with Crippen LogP contribution in [-0.4, -0.2) is 38.5 Å². The number of H-pyrrole nitrogens is 1. The minimum Gasteiger partial charge on any atom is -0.395 e. The van der Waals surface area contributed by atoms with Crippen LogP contribution in [0.25, 0.3) is 22.3 Å². The van der Waals surface area contributed by atoms with Gasteiger partial charge in [-0.3, -0.25) is 9.59 Å². The number of carbonyl (C=O) groups is 1. The maximum atomic E-state index is 14.1. The first-order chi connectivity index (χ1) is 17.9. The van der Waals surface area contributed by atoms with Crippen LogP contribution in [0, 0.1) is 5.82 Å². The fourth-order valence-corrected chi connectivity index (χ4v) is 4.00. The third kappa shape index (κ3) is 4.50. The number of rotatable bonds is 5. The van der Waals surface area contributed by atoms with E-state index in [1.807, 2.05) is 0 Å². The SMILES string of the molecule is CCN(C(=O)Cn1nc(-c2cc(F)cc(C(F)(F)F)c2)c2[nH]cnc2c1=O)c1ccc2c(c1)OC(F)(F)O2. The van der Waals surface area contributed by atoms with E-state index in [1.165, 1.54) is 12.1 Å². The van der Waals surface area contributed by atoms with Crippen LogP contribution in [0.15, 0.2) is 47.5 Å². The number of likely N-dealkylation sites (N-methyl/N-ethyl adjacent to an activating group) is 1. The molecule has 38 heavy (non-hydrogen) atoms. The molecule has 0 radical (unpaired) electrons. The van der Waals surface area contributed by atoms with Crippen LogP contribution in [0.3, 0.4) is 0 Å². The number of hydrogen-bond donors (Lipinski definition) is 1. The maximum Gasteiger partial charge on any atom is 0.586 e. The predicted molar refractivity (Wildman–Crippen MR) is 119 cm³/mol. The number of imidazole rings is 1. The highest BCUT2D eigenvalue weighted by Crippen LogP contribution is 2.43. The largest absolute Gasteiger partial charge is 0.586 e. The Morgan fingerprint density at radius 1 is 1.13 bits per heavy atom. The number of halogens is 6. The van der Waals surface area contributed by atoms with Gasteiger partial charge in [0.15, 0.2) is 17.0 Å². The number of amides is 1. The van der Waals surface area contributed by atoms with Gasteiger partial charge in [-0.2, -0.15) is 18.3 Å². The number of benzene rings is 2. The summed E-state index contributed by atoms with van der Waals surface area (Å²) in [5, 5.41) is 4.04. The summed E-state index contributed by atoms with van der Waals surface area (Å²) >= 11 is 0. The molecule has 1 amide bonds. The van der Waals surface area contributed by atoms with E-state index in [1.54, 1.807) is 6.92 Å². The van der Waals surface area contributed by atoms with Crippen molar-refractivity contribution in [3.05, 3.63) is 64.5 Å². The molecule has 0 spiro atoms. The van der Waals surface area contributed by atoms with Gasteiger partial charge in [-0.15, -0.1) is 8.78 Å². The smallest absolute Gasteiger partial charge is 0.395 e. The highest BCUT2D eigenvalue weighted by molar-refractivity contribution is 5.94. The molecule has 1 aliphatic heterocycles. The van der Waals surface area contributed by atoms with E-state index >= 15 is 0 Å². The molecule has 15 heteroatoms. The Kier molecular flexibility index (Phi) is 5.80. The Balaban J connectivity index is 1.53. The van der Waals surface area contributed by atoms with Crippen LogP contribution in [0.4, 0.5) is 32.0 Å². The summed E-state index contributed by atoms with van der Waals surface area (Å²) in [6.07, 6.45) is -7.61. The normalized spacial score (nSPS) is 14.2. The molecule has 0 saturated heterocycles. The van der Waals surface area contributed by atoms with Crippen molar-refractivity contribution in [2.75, 3.05) is 11.4 Å².